The summed E-state index contributed by atoms with van der Waals surface area (Å²) in [6.07, 6.45) is 5.51. The summed E-state index contributed by atoms with van der Waals surface area (Å²) < 4.78 is 1.66. The number of aryl methyl sites for hydroxylation is 2. The van der Waals surface area contributed by atoms with E-state index in [2.05, 4.69) is 22.7 Å². The monoisotopic (exact) mass is 280 g/mol. The molecule has 0 aliphatic heterocycles. The fourth-order valence-electron chi connectivity index (χ4n) is 2.64. The van der Waals surface area contributed by atoms with Crippen molar-refractivity contribution < 1.29 is 9.90 Å². The fourth-order valence-corrected chi connectivity index (χ4v) is 2.64. The molecule has 20 heavy (non-hydrogen) atoms. The number of carbonyl (C=O) groups is 1. The first-order valence-corrected chi connectivity index (χ1v) is 7.32. The molecule has 0 unspecified atom stereocenters. The number of aliphatic hydroxyl groups is 1. The molecule has 1 aromatic heterocycles. The average molecular weight is 280 g/mol. The molecule has 1 aromatic rings. The van der Waals surface area contributed by atoms with Gasteiger partial charge in [-0.15, -0.1) is 0 Å². The molecule has 6 nitrogen and oxygen atoms in total. The largest absolute Gasteiger partial charge is 0.388 e. The molecule has 1 aliphatic carbocycles. The predicted octanol–water partition coefficient (Wildman–Crippen LogP) is 1.80. The third-order valence-electron chi connectivity index (χ3n) is 3.79. The molecule has 1 fully saturated rings. The smallest absolute Gasteiger partial charge is 0.320 e. The lowest BCUT2D eigenvalue weighted by Crippen LogP contribution is -2.42. The highest BCUT2D eigenvalue weighted by atomic mass is 16.3. The summed E-state index contributed by atoms with van der Waals surface area (Å²) in [5, 5.41) is 20.0. The molecule has 0 atom stereocenters. The van der Waals surface area contributed by atoms with E-state index in [1.807, 2.05) is 6.07 Å². The molecule has 0 bridgehead atoms. The van der Waals surface area contributed by atoms with Gasteiger partial charge < -0.3 is 10.4 Å². The van der Waals surface area contributed by atoms with Gasteiger partial charge in [0.25, 0.3) is 0 Å². The normalized spacial score (nSPS) is 17.1. The predicted molar refractivity (Wildman–Crippen MR) is 77.6 cm³/mol. The van der Waals surface area contributed by atoms with Crippen molar-refractivity contribution in [3.8, 4) is 0 Å². The van der Waals surface area contributed by atoms with Gasteiger partial charge in [0.1, 0.15) is 5.82 Å². The zero-order valence-electron chi connectivity index (χ0n) is 12.3. The molecule has 3 N–H and O–H groups in total. The Kier molecular flexibility index (Phi) is 4.65. The van der Waals surface area contributed by atoms with Crippen LogP contribution in [0.4, 0.5) is 10.6 Å². The van der Waals surface area contributed by atoms with E-state index in [9.17, 15) is 9.90 Å². The first kappa shape index (κ1) is 14.8. The molecular weight excluding hydrogens is 256 g/mol. The van der Waals surface area contributed by atoms with Crippen LogP contribution in [0.5, 0.6) is 0 Å². The van der Waals surface area contributed by atoms with Crippen molar-refractivity contribution in [3.63, 3.8) is 0 Å². The van der Waals surface area contributed by atoms with Crippen LogP contribution < -0.4 is 10.6 Å². The zero-order chi connectivity index (χ0) is 14.6. The van der Waals surface area contributed by atoms with Crippen LogP contribution in [0.25, 0.3) is 0 Å². The van der Waals surface area contributed by atoms with Gasteiger partial charge >= 0.3 is 6.03 Å². The minimum Gasteiger partial charge on any atom is -0.388 e. The number of carbonyl (C=O) groups excluding carboxylic acids is 1. The number of amides is 2. The molecule has 0 radical (unpaired) electrons. The molecule has 2 rings (SSSR count). The van der Waals surface area contributed by atoms with Gasteiger partial charge in [-0.2, -0.15) is 5.10 Å². The van der Waals surface area contributed by atoms with Crippen LogP contribution in [0.2, 0.25) is 0 Å². The summed E-state index contributed by atoms with van der Waals surface area (Å²) >= 11 is 0. The van der Waals surface area contributed by atoms with Crippen LogP contribution in [0.3, 0.4) is 0 Å². The van der Waals surface area contributed by atoms with Crippen molar-refractivity contribution in [2.75, 3.05) is 11.9 Å². The molecule has 1 saturated carbocycles. The van der Waals surface area contributed by atoms with E-state index in [1.165, 1.54) is 0 Å². The number of hydrogen-bond donors (Lipinski definition) is 3. The summed E-state index contributed by atoms with van der Waals surface area (Å²) in [6, 6.07) is 1.59. The van der Waals surface area contributed by atoms with Crippen LogP contribution >= 0.6 is 0 Å². The second kappa shape index (κ2) is 6.26. The fraction of sp³-hybridized carbons (Fsp3) is 0.714. The third kappa shape index (κ3) is 3.72. The molecule has 0 spiro atoms. The Bertz CT molecular complexity index is 464. The van der Waals surface area contributed by atoms with Crippen LogP contribution in [-0.2, 0) is 13.5 Å². The van der Waals surface area contributed by atoms with Gasteiger partial charge in [-0.1, -0.05) is 26.2 Å². The average Bonchev–Trinajstić information content (AvgIpc) is 2.96. The highest BCUT2D eigenvalue weighted by molar-refractivity contribution is 5.88. The summed E-state index contributed by atoms with van der Waals surface area (Å²) in [7, 11) is 1.80. The first-order valence-electron chi connectivity index (χ1n) is 7.32. The van der Waals surface area contributed by atoms with Crippen molar-refractivity contribution in [1.82, 2.24) is 15.1 Å². The summed E-state index contributed by atoms with van der Waals surface area (Å²) in [5.41, 5.74) is 0.247. The highest BCUT2D eigenvalue weighted by Crippen LogP contribution is 2.28. The maximum Gasteiger partial charge on any atom is 0.320 e. The molecule has 1 aliphatic rings. The van der Waals surface area contributed by atoms with E-state index in [0.29, 0.717) is 12.4 Å². The number of nitrogens with one attached hydrogen (secondary N) is 2. The lowest BCUT2D eigenvalue weighted by molar-refractivity contribution is 0.0506. The lowest BCUT2D eigenvalue weighted by atomic mass is 10.0. The zero-order valence-corrected chi connectivity index (χ0v) is 12.3. The van der Waals surface area contributed by atoms with Gasteiger partial charge in [0.2, 0.25) is 0 Å². The Balaban J connectivity index is 1.84. The molecule has 2 amide bonds. The maximum atomic E-state index is 11.9. The summed E-state index contributed by atoms with van der Waals surface area (Å²) in [6.45, 7) is 2.40. The van der Waals surface area contributed by atoms with Crippen molar-refractivity contribution in [3.05, 3.63) is 11.8 Å². The van der Waals surface area contributed by atoms with Crippen LogP contribution in [0, 0.1) is 0 Å². The Morgan fingerprint density at radius 3 is 2.85 bits per heavy atom. The molecule has 1 heterocycles. The number of anilines is 1. The first-order chi connectivity index (χ1) is 9.52. The molecule has 6 heteroatoms. The van der Waals surface area contributed by atoms with Gasteiger partial charge in [-0.05, 0) is 19.3 Å². The van der Waals surface area contributed by atoms with Crippen molar-refractivity contribution >= 4 is 11.8 Å². The SMILES string of the molecule is CCCc1cc(NC(=O)NCC2(O)CCCC2)n(C)n1. The van der Waals surface area contributed by atoms with E-state index >= 15 is 0 Å². The molecule has 0 saturated heterocycles. The van der Waals surface area contributed by atoms with E-state index in [1.54, 1.807) is 11.7 Å². The number of aromatic nitrogens is 2. The molecule has 112 valence electrons. The third-order valence-corrected chi connectivity index (χ3v) is 3.79. The van der Waals surface area contributed by atoms with Gasteiger partial charge in [-0.3, -0.25) is 10.00 Å². The number of hydrogen-bond acceptors (Lipinski definition) is 3. The number of urea groups is 1. The van der Waals surface area contributed by atoms with Gasteiger partial charge in [-0.25, -0.2) is 4.79 Å². The van der Waals surface area contributed by atoms with Gasteiger partial charge in [0.05, 0.1) is 11.3 Å². The van der Waals surface area contributed by atoms with Crippen molar-refractivity contribution in [1.29, 1.82) is 0 Å². The Labute approximate surface area is 119 Å². The quantitative estimate of drug-likeness (QED) is 0.769. The van der Waals surface area contributed by atoms with Gasteiger partial charge in [0, 0.05) is 19.7 Å². The van der Waals surface area contributed by atoms with Crippen molar-refractivity contribution in [2.24, 2.45) is 7.05 Å². The minimum atomic E-state index is -0.725. The minimum absolute atomic E-state index is 0.295. The molecule has 0 aromatic carbocycles. The second-order valence-corrected chi connectivity index (χ2v) is 5.63. The molecular formula is C14H24N4O2. The maximum absolute atomic E-state index is 11.9. The van der Waals surface area contributed by atoms with E-state index in [4.69, 9.17) is 0 Å². The standard InChI is InChI=1S/C14H24N4O2/c1-3-6-11-9-12(18(2)17-11)16-13(19)15-10-14(20)7-4-5-8-14/h9,20H,3-8,10H2,1-2H3,(H2,15,16,19). The van der Waals surface area contributed by atoms with Crippen LogP contribution in [-0.4, -0.2) is 33.1 Å². The number of rotatable bonds is 5. The Morgan fingerprint density at radius 1 is 1.50 bits per heavy atom. The Hall–Kier alpha value is -1.56. The Morgan fingerprint density at radius 2 is 2.20 bits per heavy atom. The topological polar surface area (TPSA) is 79.2 Å². The van der Waals surface area contributed by atoms with E-state index in [0.717, 1.165) is 44.2 Å². The van der Waals surface area contributed by atoms with E-state index in [-0.39, 0.29) is 6.03 Å². The van der Waals surface area contributed by atoms with Crippen LogP contribution in [0.15, 0.2) is 6.07 Å². The highest BCUT2D eigenvalue weighted by Gasteiger charge is 2.31. The van der Waals surface area contributed by atoms with E-state index < -0.39 is 5.60 Å². The lowest BCUT2D eigenvalue weighted by Gasteiger charge is -2.22. The van der Waals surface area contributed by atoms with Gasteiger partial charge in [0.15, 0.2) is 0 Å². The summed E-state index contributed by atoms with van der Waals surface area (Å²) in [4.78, 5) is 11.9. The number of nitrogens with zero attached hydrogens (tertiary/aromatic N) is 2. The second-order valence-electron chi connectivity index (χ2n) is 5.63. The van der Waals surface area contributed by atoms with Crippen LogP contribution in [0.1, 0.15) is 44.7 Å². The summed E-state index contributed by atoms with van der Waals surface area (Å²) in [5.74, 6) is 0.671. The van der Waals surface area contributed by atoms with Crippen molar-refractivity contribution in [2.45, 2.75) is 51.0 Å².